The molecule has 1 N–H and O–H groups in total. The van der Waals surface area contributed by atoms with E-state index in [0.717, 1.165) is 30.2 Å². The molecule has 0 rings (SSSR count). The lowest BCUT2D eigenvalue weighted by Gasteiger charge is -2.16. The average molecular weight is 335 g/mol. The van der Waals surface area contributed by atoms with E-state index in [4.69, 9.17) is 4.74 Å². The number of halogens is 1. The first-order valence-electron chi connectivity index (χ1n) is 7.00. The Kier molecular flexibility index (Phi) is 9.36. The molecule has 0 aromatic carbocycles. The fourth-order valence-corrected chi connectivity index (χ4v) is 1.84. The van der Waals surface area contributed by atoms with Gasteiger partial charge in [0.15, 0.2) is 0 Å². The molecule has 4 heteroatoms. The number of esters is 1. The van der Waals surface area contributed by atoms with Crippen LogP contribution in [0.2, 0.25) is 0 Å². The normalized spacial score (nSPS) is 14.3. The van der Waals surface area contributed by atoms with Gasteiger partial charge in [-0.05, 0) is 46.5 Å². The van der Waals surface area contributed by atoms with Crippen molar-refractivity contribution in [3.63, 3.8) is 0 Å². The molecule has 0 aliphatic carbocycles. The largest absolute Gasteiger partial charge is 0.465 e. The molecule has 0 unspecified atom stereocenters. The molecule has 0 bridgehead atoms. The van der Waals surface area contributed by atoms with E-state index in [-0.39, 0.29) is 5.97 Å². The van der Waals surface area contributed by atoms with E-state index in [9.17, 15) is 9.90 Å². The van der Waals surface area contributed by atoms with Gasteiger partial charge in [-0.2, -0.15) is 0 Å². The zero-order valence-corrected chi connectivity index (χ0v) is 14.1. The summed E-state index contributed by atoms with van der Waals surface area (Å²) in [5.74, 6) is -0.169. The predicted molar refractivity (Wildman–Crippen MR) is 82.2 cm³/mol. The summed E-state index contributed by atoms with van der Waals surface area (Å²) < 4.78 is 6.03. The molecule has 0 saturated heterocycles. The minimum Gasteiger partial charge on any atom is -0.465 e. The van der Waals surface area contributed by atoms with Crippen molar-refractivity contribution in [1.82, 2.24) is 0 Å². The maximum absolute atomic E-state index is 11.5. The molecule has 0 amide bonds. The second-order valence-electron chi connectivity index (χ2n) is 5.78. The fraction of sp³-hybridized carbons (Fsp3) is 0.800. The number of unbranched alkanes of at least 4 members (excludes halogenated alkanes) is 2. The van der Waals surface area contributed by atoms with Gasteiger partial charge in [-0.1, -0.05) is 35.4 Å². The summed E-state index contributed by atoms with van der Waals surface area (Å²) in [4.78, 5) is 11.5. The molecule has 1 atom stereocenters. The number of aliphatic hydroxyl groups is 1. The van der Waals surface area contributed by atoms with Crippen molar-refractivity contribution in [2.45, 2.75) is 65.9 Å². The van der Waals surface area contributed by atoms with Gasteiger partial charge >= 0.3 is 5.97 Å². The third-order valence-corrected chi connectivity index (χ3v) is 3.52. The Morgan fingerprint density at radius 3 is 2.53 bits per heavy atom. The van der Waals surface area contributed by atoms with E-state index in [1.54, 1.807) is 0 Å². The molecule has 0 saturated carbocycles. The van der Waals surface area contributed by atoms with E-state index in [1.165, 1.54) is 0 Å². The molecule has 0 aliphatic rings. The molecule has 0 fully saturated rings. The Morgan fingerprint density at radius 2 is 2.00 bits per heavy atom. The smallest absolute Gasteiger partial charge is 0.311 e. The highest BCUT2D eigenvalue weighted by atomic mass is 79.9. The Hall–Kier alpha value is -0.350. The van der Waals surface area contributed by atoms with Gasteiger partial charge in [0.05, 0.1) is 18.1 Å². The van der Waals surface area contributed by atoms with Gasteiger partial charge in [0.2, 0.25) is 0 Å². The second kappa shape index (κ2) is 9.54. The topological polar surface area (TPSA) is 46.5 Å². The van der Waals surface area contributed by atoms with Crippen molar-refractivity contribution in [2.24, 2.45) is 5.41 Å². The van der Waals surface area contributed by atoms with Crippen LogP contribution in [0.25, 0.3) is 0 Å². The van der Waals surface area contributed by atoms with Crippen molar-refractivity contribution in [2.75, 3.05) is 6.61 Å². The SMILES string of the molecule is CCC/C=C(\Br)[C@@H](O)CCCCOC(=O)C(C)(C)C. The summed E-state index contributed by atoms with van der Waals surface area (Å²) in [6.45, 7) is 8.06. The monoisotopic (exact) mass is 334 g/mol. The van der Waals surface area contributed by atoms with Crippen LogP contribution in [0.5, 0.6) is 0 Å². The first kappa shape index (κ1) is 18.7. The lowest BCUT2D eigenvalue weighted by atomic mass is 9.97. The summed E-state index contributed by atoms with van der Waals surface area (Å²) in [7, 11) is 0. The quantitative estimate of drug-likeness (QED) is 0.534. The van der Waals surface area contributed by atoms with Gasteiger partial charge in [0.25, 0.3) is 0 Å². The number of ether oxygens (including phenoxy) is 1. The second-order valence-corrected chi connectivity index (χ2v) is 6.69. The van der Waals surface area contributed by atoms with E-state index in [2.05, 4.69) is 22.9 Å². The number of allylic oxidation sites excluding steroid dienone is 1. The molecule has 19 heavy (non-hydrogen) atoms. The number of carbonyl (C=O) groups excluding carboxylic acids is 1. The molecule has 0 aliphatic heterocycles. The lowest BCUT2D eigenvalue weighted by Crippen LogP contribution is -2.23. The molecular formula is C15H27BrO3. The third-order valence-electron chi connectivity index (χ3n) is 2.66. The molecule has 0 spiro atoms. The third kappa shape index (κ3) is 9.22. The van der Waals surface area contributed by atoms with E-state index < -0.39 is 11.5 Å². The number of hydrogen-bond donors (Lipinski definition) is 1. The maximum atomic E-state index is 11.5. The maximum Gasteiger partial charge on any atom is 0.311 e. The van der Waals surface area contributed by atoms with Crippen molar-refractivity contribution in [3.05, 3.63) is 10.6 Å². The number of hydrogen-bond acceptors (Lipinski definition) is 3. The van der Waals surface area contributed by atoms with E-state index in [1.807, 2.05) is 26.8 Å². The van der Waals surface area contributed by atoms with Crippen LogP contribution in [0, 0.1) is 5.41 Å². The first-order valence-corrected chi connectivity index (χ1v) is 7.79. The molecule has 0 aromatic rings. The minimum atomic E-state index is -0.440. The van der Waals surface area contributed by atoms with Crippen molar-refractivity contribution in [3.8, 4) is 0 Å². The Balaban J connectivity index is 3.73. The van der Waals surface area contributed by atoms with Crippen LogP contribution < -0.4 is 0 Å². The summed E-state index contributed by atoms with van der Waals surface area (Å²) >= 11 is 3.39. The van der Waals surface area contributed by atoms with Gasteiger partial charge in [-0.15, -0.1) is 0 Å². The Bertz CT molecular complexity index is 292. The predicted octanol–water partition coefficient (Wildman–Crippen LogP) is 4.19. The molecule has 0 heterocycles. The van der Waals surface area contributed by atoms with E-state index in [0.29, 0.717) is 13.0 Å². The fourth-order valence-electron chi connectivity index (χ4n) is 1.38. The van der Waals surface area contributed by atoms with Gasteiger partial charge in [-0.3, -0.25) is 4.79 Å². The average Bonchev–Trinajstić information content (AvgIpc) is 2.33. The van der Waals surface area contributed by atoms with Gasteiger partial charge in [0, 0.05) is 4.48 Å². The zero-order valence-electron chi connectivity index (χ0n) is 12.5. The van der Waals surface area contributed by atoms with Crippen LogP contribution in [0.15, 0.2) is 10.6 Å². The zero-order chi connectivity index (χ0) is 14.9. The molecule has 3 nitrogen and oxygen atoms in total. The summed E-state index contributed by atoms with van der Waals surface area (Å²) in [5.41, 5.74) is -0.439. The number of aliphatic hydroxyl groups excluding tert-OH is 1. The Labute approximate surface area is 125 Å². The van der Waals surface area contributed by atoms with Gasteiger partial charge < -0.3 is 9.84 Å². The van der Waals surface area contributed by atoms with Crippen molar-refractivity contribution in [1.29, 1.82) is 0 Å². The minimum absolute atomic E-state index is 0.169. The van der Waals surface area contributed by atoms with E-state index >= 15 is 0 Å². The van der Waals surface area contributed by atoms with Gasteiger partial charge in [0.1, 0.15) is 0 Å². The summed E-state index contributed by atoms with van der Waals surface area (Å²) in [5, 5.41) is 9.86. The van der Waals surface area contributed by atoms with Crippen LogP contribution in [-0.2, 0) is 9.53 Å². The van der Waals surface area contributed by atoms with Crippen molar-refractivity contribution >= 4 is 21.9 Å². The highest BCUT2D eigenvalue weighted by molar-refractivity contribution is 9.11. The molecule has 0 radical (unpaired) electrons. The van der Waals surface area contributed by atoms with Gasteiger partial charge in [-0.25, -0.2) is 0 Å². The summed E-state index contributed by atoms with van der Waals surface area (Å²) in [6.07, 6.45) is 5.94. The van der Waals surface area contributed by atoms with Crippen LogP contribution in [0.1, 0.15) is 59.8 Å². The summed E-state index contributed by atoms with van der Waals surface area (Å²) in [6, 6.07) is 0. The number of rotatable bonds is 8. The highest BCUT2D eigenvalue weighted by Gasteiger charge is 2.22. The van der Waals surface area contributed by atoms with Crippen LogP contribution in [0.4, 0.5) is 0 Å². The van der Waals surface area contributed by atoms with Crippen molar-refractivity contribution < 1.29 is 14.6 Å². The standard InChI is InChI=1S/C15H27BrO3/c1-5-6-9-12(16)13(17)10-7-8-11-19-14(18)15(2,3)4/h9,13,17H,5-8,10-11H2,1-4H3/b12-9-/t13-/m0/s1. The van der Waals surface area contributed by atoms with Crippen LogP contribution in [0.3, 0.4) is 0 Å². The van der Waals surface area contributed by atoms with Crippen LogP contribution >= 0.6 is 15.9 Å². The lowest BCUT2D eigenvalue weighted by molar-refractivity contribution is -0.153. The molecule has 0 aromatic heterocycles. The molecule has 112 valence electrons. The number of carbonyl (C=O) groups is 1. The highest BCUT2D eigenvalue weighted by Crippen LogP contribution is 2.18. The Morgan fingerprint density at radius 1 is 1.37 bits per heavy atom. The van der Waals surface area contributed by atoms with Crippen LogP contribution in [-0.4, -0.2) is 23.8 Å². The molecular weight excluding hydrogens is 308 g/mol. The first-order chi connectivity index (χ1) is 8.79.